The Morgan fingerprint density at radius 1 is 0.420 bits per heavy atom. The molecular formula is C46H34N4. The Morgan fingerprint density at radius 3 is 1.18 bits per heavy atom. The second-order valence-electron chi connectivity index (χ2n) is 12.6. The van der Waals surface area contributed by atoms with Crippen LogP contribution in [0.2, 0.25) is 0 Å². The first kappa shape index (κ1) is 30.7. The maximum Gasteiger partial charge on any atom is 0.0992 e. The first-order chi connectivity index (χ1) is 24.6. The highest BCUT2D eigenvalue weighted by Gasteiger charge is 2.24. The zero-order chi connectivity index (χ0) is 34.2. The van der Waals surface area contributed by atoms with Gasteiger partial charge in [-0.2, -0.15) is 10.5 Å². The van der Waals surface area contributed by atoms with Crippen LogP contribution in [0.25, 0.3) is 32.3 Å². The van der Waals surface area contributed by atoms with E-state index in [1.807, 2.05) is 48.5 Å². The van der Waals surface area contributed by atoms with Crippen LogP contribution in [0.5, 0.6) is 0 Å². The summed E-state index contributed by atoms with van der Waals surface area (Å²) < 4.78 is 0. The predicted molar refractivity (Wildman–Crippen MR) is 208 cm³/mol. The Balaban J connectivity index is 1.49. The highest BCUT2D eigenvalue weighted by molar-refractivity contribution is 6.29. The fraction of sp³-hybridized carbons (Fsp3) is 0.0870. The molecule has 0 spiro atoms. The molecule has 0 aliphatic carbocycles. The molecule has 4 nitrogen and oxygen atoms in total. The number of para-hydroxylation sites is 2. The fourth-order valence-electron chi connectivity index (χ4n) is 7.49. The van der Waals surface area contributed by atoms with Crippen molar-refractivity contribution in [3.05, 3.63) is 168 Å². The van der Waals surface area contributed by atoms with Crippen molar-refractivity contribution in [3.63, 3.8) is 0 Å². The van der Waals surface area contributed by atoms with Crippen molar-refractivity contribution in [2.75, 3.05) is 9.80 Å². The number of benzene rings is 8. The predicted octanol–water partition coefficient (Wildman–Crippen LogP) is 12.4. The average molecular weight is 643 g/mol. The van der Waals surface area contributed by atoms with Crippen LogP contribution < -0.4 is 9.80 Å². The van der Waals surface area contributed by atoms with Gasteiger partial charge in [-0.05, 0) is 118 Å². The minimum atomic E-state index is 0.621. The molecule has 0 aliphatic rings. The molecule has 0 fully saturated rings. The smallest absolute Gasteiger partial charge is 0.0992 e. The third kappa shape index (κ3) is 5.07. The summed E-state index contributed by atoms with van der Waals surface area (Å²) >= 11 is 0. The Morgan fingerprint density at radius 2 is 0.800 bits per heavy atom. The van der Waals surface area contributed by atoms with Crippen molar-refractivity contribution < 1.29 is 0 Å². The summed E-state index contributed by atoms with van der Waals surface area (Å²) in [7, 11) is 0. The molecule has 0 amide bonds. The van der Waals surface area contributed by atoms with Crippen molar-refractivity contribution >= 4 is 66.4 Å². The maximum atomic E-state index is 9.85. The van der Waals surface area contributed by atoms with Crippen LogP contribution in [0.4, 0.5) is 34.1 Å². The molecule has 0 bridgehead atoms. The summed E-state index contributed by atoms with van der Waals surface area (Å²) in [5.41, 5.74) is 9.87. The minimum absolute atomic E-state index is 0.621. The lowest BCUT2D eigenvalue weighted by Crippen LogP contribution is -2.12. The summed E-state index contributed by atoms with van der Waals surface area (Å²) in [6.07, 6.45) is 1.74. The topological polar surface area (TPSA) is 54.1 Å². The molecule has 8 aromatic carbocycles. The van der Waals surface area contributed by atoms with Crippen LogP contribution in [-0.4, -0.2) is 0 Å². The summed E-state index contributed by atoms with van der Waals surface area (Å²) in [4.78, 5) is 4.58. The van der Waals surface area contributed by atoms with Crippen LogP contribution >= 0.6 is 0 Å². The number of anilines is 6. The monoisotopic (exact) mass is 642 g/mol. The zero-order valence-electron chi connectivity index (χ0n) is 28.1. The van der Waals surface area contributed by atoms with E-state index in [1.54, 1.807) is 0 Å². The minimum Gasteiger partial charge on any atom is -0.310 e. The molecule has 0 saturated heterocycles. The summed E-state index contributed by atoms with van der Waals surface area (Å²) in [5, 5.41) is 27.0. The van der Waals surface area contributed by atoms with E-state index in [0.717, 1.165) is 57.7 Å². The lowest BCUT2D eigenvalue weighted by atomic mass is 9.86. The van der Waals surface area contributed by atoms with Crippen LogP contribution in [0.3, 0.4) is 0 Å². The second-order valence-corrected chi connectivity index (χ2v) is 12.6. The molecule has 0 atom stereocenters. The van der Waals surface area contributed by atoms with Gasteiger partial charge in [0, 0.05) is 33.5 Å². The van der Waals surface area contributed by atoms with Gasteiger partial charge in [0.2, 0.25) is 0 Å². The zero-order valence-corrected chi connectivity index (χ0v) is 28.1. The summed E-state index contributed by atoms with van der Waals surface area (Å²) in [6.45, 7) is 4.45. The van der Waals surface area contributed by atoms with Gasteiger partial charge in [-0.3, -0.25) is 0 Å². The van der Waals surface area contributed by atoms with Crippen molar-refractivity contribution in [3.8, 4) is 12.1 Å². The molecule has 238 valence electrons. The Bertz CT molecular complexity index is 2410. The molecule has 50 heavy (non-hydrogen) atoms. The van der Waals surface area contributed by atoms with Gasteiger partial charge in [0.15, 0.2) is 0 Å². The van der Waals surface area contributed by atoms with Crippen LogP contribution in [0, 0.1) is 22.7 Å². The lowest BCUT2D eigenvalue weighted by molar-refractivity contribution is 1.15. The van der Waals surface area contributed by atoms with E-state index < -0.39 is 0 Å². The van der Waals surface area contributed by atoms with Crippen molar-refractivity contribution in [2.24, 2.45) is 0 Å². The van der Waals surface area contributed by atoms with Crippen LogP contribution in [0.15, 0.2) is 146 Å². The number of aryl methyl sites for hydroxylation is 2. The van der Waals surface area contributed by atoms with Crippen molar-refractivity contribution in [1.29, 1.82) is 10.5 Å². The first-order valence-corrected chi connectivity index (χ1v) is 17.1. The Hall–Kier alpha value is -6.62. The lowest BCUT2D eigenvalue weighted by Gasteiger charge is -2.30. The fourth-order valence-corrected chi connectivity index (χ4v) is 7.49. The van der Waals surface area contributed by atoms with Gasteiger partial charge in [-0.1, -0.05) is 86.6 Å². The van der Waals surface area contributed by atoms with E-state index in [9.17, 15) is 10.5 Å². The highest BCUT2D eigenvalue weighted by atomic mass is 15.1. The molecule has 0 saturated carbocycles. The van der Waals surface area contributed by atoms with Crippen molar-refractivity contribution in [2.45, 2.75) is 26.7 Å². The first-order valence-electron chi connectivity index (χ1n) is 17.1. The summed E-state index contributed by atoms with van der Waals surface area (Å²) in [5.74, 6) is 0. The van der Waals surface area contributed by atoms with Gasteiger partial charge in [0.05, 0.1) is 34.6 Å². The highest BCUT2D eigenvalue weighted by Crippen LogP contribution is 2.49. The number of hydrogen-bond donors (Lipinski definition) is 0. The van der Waals surface area contributed by atoms with E-state index in [4.69, 9.17) is 0 Å². The van der Waals surface area contributed by atoms with Crippen molar-refractivity contribution in [1.82, 2.24) is 0 Å². The van der Waals surface area contributed by atoms with E-state index in [2.05, 4.69) is 133 Å². The van der Waals surface area contributed by atoms with Gasteiger partial charge in [-0.25, -0.2) is 0 Å². The molecule has 0 aromatic heterocycles. The number of nitriles is 2. The van der Waals surface area contributed by atoms with Gasteiger partial charge < -0.3 is 9.80 Å². The van der Waals surface area contributed by atoms with Crippen LogP contribution in [-0.2, 0) is 12.8 Å². The third-order valence-electron chi connectivity index (χ3n) is 9.77. The largest absolute Gasteiger partial charge is 0.310 e. The molecular weight excluding hydrogens is 609 g/mol. The second kappa shape index (κ2) is 12.8. The molecule has 0 N–H and O–H groups in total. The maximum absolute atomic E-state index is 9.85. The standard InChI is InChI=1S/C46H34N4/c1-3-33-27-43(49(35-15-7-5-8-16-35)37-19-11-13-31(25-37)29-47)41-24-22-40-34(4-2)28-44(42-23-21-39(33)45(41)46(40)42)50(36-17-9-6-10-18-36)38-20-12-14-32(26-38)30-48/h5-28H,3-4H2,1-2H3. The number of hydrogen-bond acceptors (Lipinski definition) is 4. The van der Waals surface area contributed by atoms with E-state index in [-0.39, 0.29) is 0 Å². The molecule has 4 heteroatoms. The van der Waals surface area contributed by atoms with Gasteiger partial charge in [-0.15, -0.1) is 0 Å². The normalized spacial score (nSPS) is 11.1. The Labute approximate surface area is 292 Å². The number of nitrogens with zero attached hydrogens (tertiary/aromatic N) is 4. The molecule has 0 heterocycles. The molecule has 0 radical (unpaired) electrons. The quantitative estimate of drug-likeness (QED) is 0.155. The molecule has 0 unspecified atom stereocenters. The SMILES string of the molecule is CCc1cc(N(c2ccccc2)c2cccc(C#N)c2)c2ccc3c(CC)cc(N(c4ccccc4)c4cccc(C#N)c4)c4ccc1c2c34. The molecule has 8 rings (SSSR count). The average Bonchev–Trinajstić information content (AvgIpc) is 3.18. The molecule has 0 aliphatic heterocycles. The molecule has 8 aromatic rings. The van der Waals surface area contributed by atoms with Crippen LogP contribution in [0.1, 0.15) is 36.1 Å². The number of rotatable bonds is 8. The van der Waals surface area contributed by atoms with E-state index >= 15 is 0 Å². The summed E-state index contributed by atoms with van der Waals surface area (Å²) in [6, 6.07) is 55.1. The third-order valence-corrected chi connectivity index (χ3v) is 9.77. The van der Waals surface area contributed by atoms with E-state index in [1.165, 1.54) is 32.7 Å². The van der Waals surface area contributed by atoms with Gasteiger partial charge in [0.25, 0.3) is 0 Å². The Kier molecular flexibility index (Phi) is 7.84. The van der Waals surface area contributed by atoms with E-state index in [0.29, 0.717) is 11.1 Å². The van der Waals surface area contributed by atoms with Gasteiger partial charge >= 0.3 is 0 Å². The van der Waals surface area contributed by atoms with Gasteiger partial charge in [0.1, 0.15) is 0 Å².